The van der Waals surface area contributed by atoms with Gasteiger partial charge in [0.2, 0.25) is 0 Å². The fourth-order valence-corrected chi connectivity index (χ4v) is 9.25. The Kier molecular flexibility index (Phi) is 3.60. The van der Waals surface area contributed by atoms with Crippen LogP contribution in [0.3, 0.4) is 0 Å². The molecular formula is C16H27NP. The summed E-state index contributed by atoms with van der Waals surface area (Å²) in [4.78, 5) is 2.37. The van der Waals surface area contributed by atoms with Crippen molar-refractivity contribution in [3.8, 4) is 0 Å². The molecule has 1 aromatic carbocycles. The average molecular weight is 264 g/mol. The minimum absolute atomic E-state index is 0.618. The van der Waals surface area contributed by atoms with Crippen LogP contribution in [0.4, 0.5) is 0 Å². The van der Waals surface area contributed by atoms with Crippen molar-refractivity contribution < 1.29 is 0 Å². The van der Waals surface area contributed by atoms with E-state index < -0.39 is 6.60 Å². The van der Waals surface area contributed by atoms with Gasteiger partial charge in [0.25, 0.3) is 0 Å². The van der Waals surface area contributed by atoms with Gasteiger partial charge in [-0.05, 0) is 0 Å². The molecule has 0 aliphatic carbocycles. The van der Waals surface area contributed by atoms with E-state index in [4.69, 9.17) is 6.66 Å². The zero-order valence-corrected chi connectivity index (χ0v) is 13.2. The SMILES string of the molecule is [CH2]P1(C)(c2ccccc2)CCCC1[C@@H](C)N(C)C. The Hall–Kier alpha value is -0.390. The Bertz CT molecular complexity index is 410. The minimum atomic E-state index is -1.99. The van der Waals surface area contributed by atoms with Crippen molar-refractivity contribution in [3.05, 3.63) is 37.0 Å². The number of rotatable bonds is 3. The molecule has 1 nitrogen and oxygen atoms in total. The van der Waals surface area contributed by atoms with Crippen LogP contribution >= 0.6 is 6.60 Å². The van der Waals surface area contributed by atoms with Crippen molar-refractivity contribution in [1.29, 1.82) is 0 Å². The van der Waals surface area contributed by atoms with E-state index in [2.05, 4.69) is 62.9 Å². The molecule has 2 heteroatoms. The van der Waals surface area contributed by atoms with E-state index in [-0.39, 0.29) is 0 Å². The molecule has 1 radical (unpaired) electrons. The molecule has 1 heterocycles. The normalized spacial score (nSPS) is 29.7. The molecule has 1 aromatic rings. The first-order chi connectivity index (χ1) is 8.35. The van der Waals surface area contributed by atoms with Gasteiger partial charge in [-0.25, -0.2) is 0 Å². The van der Waals surface area contributed by atoms with Gasteiger partial charge < -0.3 is 0 Å². The number of benzene rings is 1. The Morgan fingerprint density at radius 1 is 1.28 bits per heavy atom. The van der Waals surface area contributed by atoms with Crippen molar-refractivity contribution in [2.45, 2.75) is 31.5 Å². The van der Waals surface area contributed by atoms with Crippen molar-refractivity contribution in [2.75, 3.05) is 26.9 Å². The van der Waals surface area contributed by atoms with Gasteiger partial charge in [0.05, 0.1) is 0 Å². The van der Waals surface area contributed by atoms with E-state index in [1.54, 1.807) is 0 Å². The molecule has 1 aliphatic heterocycles. The Balaban J connectivity index is 2.44. The maximum absolute atomic E-state index is 4.86. The van der Waals surface area contributed by atoms with E-state index >= 15 is 0 Å². The van der Waals surface area contributed by atoms with E-state index in [1.165, 1.54) is 24.3 Å². The predicted octanol–water partition coefficient (Wildman–Crippen LogP) is 3.40. The molecule has 1 fully saturated rings. The van der Waals surface area contributed by atoms with Crippen LogP contribution in [-0.2, 0) is 0 Å². The monoisotopic (exact) mass is 264 g/mol. The second-order valence-electron chi connectivity index (χ2n) is 6.62. The summed E-state index contributed by atoms with van der Waals surface area (Å²) in [7, 11) is 4.40. The van der Waals surface area contributed by atoms with Gasteiger partial charge in [0, 0.05) is 0 Å². The van der Waals surface area contributed by atoms with Crippen LogP contribution in [0.25, 0.3) is 0 Å². The van der Waals surface area contributed by atoms with E-state index in [9.17, 15) is 0 Å². The third-order valence-corrected chi connectivity index (χ3v) is 11.2. The average Bonchev–Trinajstić information content (AvgIpc) is 2.67. The summed E-state index contributed by atoms with van der Waals surface area (Å²) in [6.07, 6.45) is 4.00. The van der Waals surface area contributed by atoms with Gasteiger partial charge in [0.15, 0.2) is 0 Å². The number of nitrogens with zero attached hydrogens (tertiary/aromatic N) is 1. The van der Waals surface area contributed by atoms with Crippen LogP contribution in [0.2, 0.25) is 0 Å². The Morgan fingerprint density at radius 2 is 1.89 bits per heavy atom. The molecule has 101 valence electrons. The summed E-state index contributed by atoms with van der Waals surface area (Å²) in [5, 5.41) is 1.53. The standard InChI is InChI=1S/C16H27NP/c1-14(17(2)3)16-12-9-13-18(16,4,5)15-10-7-6-8-11-15/h6-8,10-11,14,16H,4,9,12-13H2,1-3,5H3/t14-,16?/m1/s1. The van der Waals surface area contributed by atoms with E-state index in [0.717, 1.165) is 5.66 Å². The molecule has 0 bridgehead atoms. The summed E-state index contributed by atoms with van der Waals surface area (Å²) >= 11 is 0. The molecule has 1 unspecified atom stereocenters. The van der Waals surface area contributed by atoms with Crippen LogP contribution in [-0.4, -0.2) is 43.5 Å². The van der Waals surface area contributed by atoms with Crippen molar-refractivity contribution in [2.24, 2.45) is 0 Å². The van der Waals surface area contributed by atoms with Gasteiger partial charge in [0.1, 0.15) is 0 Å². The zero-order valence-electron chi connectivity index (χ0n) is 12.3. The molecule has 0 aromatic heterocycles. The topological polar surface area (TPSA) is 3.24 Å². The third-order valence-electron chi connectivity index (χ3n) is 5.15. The van der Waals surface area contributed by atoms with Gasteiger partial charge >= 0.3 is 112 Å². The van der Waals surface area contributed by atoms with E-state index in [1.807, 2.05) is 0 Å². The molecule has 2 rings (SSSR count). The molecule has 1 aliphatic rings. The Morgan fingerprint density at radius 3 is 2.44 bits per heavy atom. The van der Waals surface area contributed by atoms with Crippen LogP contribution < -0.4 is 5.30 Å². The van der Waals surface area contributed by atoms with Crippen molar-refractivity contribution in [1.82, 2.24) is 4.90 Å². The number of hydrogen-bond acceptors (Lipinski definition) is 1. The second-order valence-corrected chi connectivity index (χ2v) is 12.5. The van der Waals surface area contributed by atoms with Crippen LogP contribution in [0.1, 0.15) is 19.8 Å². The summed E-state index contributed by atoms with van der Waals surface area (Å²) in [6.45, 7) is 7.73. The molecule has 0 saturated carbocycles. The first-order valence-corrected chi connectivity index (χ1v) is 10.1. The van der Waals surface area contributed by atoms with Crippen molar-refractivity contribution in [3.63, 3.8) is 0 Å². The molecular weight excluding hydrogens is 237 g/mol. The first kappa shape index (κ1) is 14.0. The molecule has 0 amide bonds. The maximum atomic E-state index is 4.86. The van der Waals surface area contributed by atoms with Gasteiger partial charge in [-0.2, -0.15) is 0 Å². The van der Waals surface area contributed by atoms with Crippen LogP contribution in [0.5, 0.6) is 0 Å². The predicted molar refractivity (Wildman–Crippen MR) is 85.3 cm³/mol. The number of hydrogen-bond donors (Lipinski definition) is 0. The zero-order chi connectivity index (χ0) is 13.4. The first-order valence-electron chi connectivity index (χ1n) is 6.94. The molecule has 0 spiro atoms. The summed E-state index contributed by atoms with van der Waals surface area (Å²) in [5.74, 6) is 0. The molecule has 0 N–H and O–H groups in total. The molecule has 1 saturated heterocycles. The van der Waals surface area contributed by atoms with Crippen LogP contribution in [0, 0.1) is 6.66 Å². The third kappa shape index (κ3) is 2.12. The fourth-order valence-electron chi connectivity index (χ4n) is 3.69. The Labute approximate surface area is 113 Å². The fraction of sp³-hybridized carbons (Fsp3) is 0.562. The summed E-state index contributed by atoms with van der Waals surface area (Å²) in [5.41, 5.74) is 0.744. The van der Waals surface area contributed by atoms with E-state index in [0.29, 0.717) is 6.04 Å². The molecule has 18 heavy (non-hydrogen) atoms. The molecule has 2 atom stereocenters. The summed E-state index contributed by atoms with van der Waals surface area (Å²) < 4.78 is 0. The van der Waals surface area contributed by atoms with Crippen LogP contribution in [0.15, 0.2) is 30.3 Å². The quantitative estimate of drug-likeness (QED) is 0.756. The second kappa shape index (κ2) is 4.62. The van der Waals surface area contributed by atoms with Gasteiger partial charge in [-0.3, -0.25) is 0 Å². The van der Waals surface area contributed by atoms with Crippen molar-refractivity contribution >= 4 is 11.9 Å². The summed E-state index contributed by atoms with van der Waals surface area (Å²) in [6, 6.07) is 11.7. The van der Waals surface area contributed by atoms with Gasteiger partial charge in [-0.1, -0.05) is 0 Å². The van der Waals surface area contributed by atoms with Gasteiger partial charge in [-0.15, -0.1) is 0 Å².